The largest absolute Gasteiger partial charge is 0.328 e. The summed E-state index contributed by atoms with van der Waals surface area (Å²) in [5, 5.41) is 5.66. The van der Waals surface area contributed by atoms with Crippen LogP contribution in [0.25, 0.3) is 0 Å². The maximum atomic E-state index is 12.1. The Morgan fingerprint density at radius 3 is 2.55 bits per heavy atom. The van der Waals surface area contributed by atoms with E-state index in [1.165, 1.54) is 6.92 Å². The molecule has 4 N–H and O–H groups in total. The van der Waals surface area contributed by atoms with Gasteiger partial charge in [0.2, 0.25) is 11.8 Å². The van der Waals surface area contributed by atoms with E-state index in [1.807, 2.05) is 13.0 Å². The highest BCUT2D eigenvalue weighted by Gasteiger charge is 2.27. The van der Waals surface area contributed by atoms with Crippen LogP contribution in [-0.4, -0.2) is 17.9 Å². The van der Waals surface area contributed by atoms with E-state index in [0.717, 1.165) is 36.2 Å². The van der Waals surface area contributed by atoms with Crippen molar-refractivity contribution in [3.63, 3.8) is 0 Å². The van der Waals surface area contributed by atoms with Gasteiger partial charge in [-0.3, -0.25) is 9.59 Å². The van der Waals surface area contributed by atoms with E-state index in [4.69, 9.17) is 5.73 Å². The van der Waals surface area contributed by atoms with E-state index in [1.54, 1.807) is 12.1 Å². The second-order valence-electron chi connectivity index (χ2n) is 5.47. The third-order valence-corrected chi connectivity index (χ3v) is 3.65. The van der Waals surface area contributed by atoms with Crippen molar-refractivity contribution >= 4 is 23.2 Å². The zero-order valence-electron chi connectivity index (χ0n) is 11.9. The number of amides is 2. The van der Waals surface area contributed by atoms with Crippen LogP contribution in [0.3, 0.4) is 0 Å². The first-order valence-electron chi connectivity index (χ1n) is 6.90. The quantitative estimate of drug-likeness (QED) is 0.789. The molecule has 20 heavy (non-hydrogen) atoms. The molecular weight excluding hydrogens is 254 g/mol. The summed E-state index contributed by atoms with van der Waals surface area (Å²) in [5.41, 5.74) is 8.26. The van der Waals surface area contributed by atoms with Crippen LogP contribution in [0.5, 0.6) is 0 Å². The first kappa shape index (κ1) is 14.5. The highest BCUT2D eigenvalue weighted by atomic mass is 16.2. The average molecular weight is 275 g/mol. The van der Waals surface area contributed by atoms with Gasteiger partial charge in [-0.25, -0.2) is 0 Å². The molecular formula is C15H21N3O2. The molecule has 1 aliphatic rings. The molecule has 2 unspecified atom stereocenters. The summed E-state index contributed by atoms with van der Waals surface area (Å²) in [5.74, 6) is -0.0604. The number of nitrogens with one attached hydrogen (secondary N) is 2. The van der Waals surface area contributed by atoms with Crippen LogP contribution in [0.2, 0.25) is 0 Å². The number of anilines is 2. The molecule has 1 aromatic rings. The molecule has 0 heterocycles. The van der Waals surface area contributed by atoms with Gasteiger partial charge in [0, 0.05) is 30.3 Å². The SMILES string of the molecule is CC(=O)Nc1ccc(NC(=O)C2CCC(N)C2)cc1C. The van der Waals surface area contributed by atoms with Crippen LogP contribution in [-0.2, 0) is 9.59 Å². The van der Waals surface area contributed by atoms with Gasteiger partial charge < -0.3 is 16.4 Å². The Labute approximate surface area is 118 Å². The van der Waals surface area contributed by atoms with Crippen molar-refractivity contribution in [2.45, 2.75) is 39.2 Å². The lowest BCUT2D eigenvalue weighted by Crippen LogP contribution is -2.23. The second kappa shape index (κ2) is 6.05. The second-order valence-corrected chi connectivity index (χ2v) is 5.47. The third kappa shape index (κ3) is 3.57. The van der Waals surface area contributed by atoms with Gasteiger partial charge in [0.05, 0.1) is 0 Å². The van der Waals surface area contributed by atoms with Crippen molar-refractivity contribution in [3.05, 3.63) is 23.8 Å². The molecule has 0 saturated heterocycles. The van der Waals surface area contributed by atoms with Crippen molar-refractivity contribution in [2.75, 3.05) is 10.6 Å². The Hall–Kier alpha value is -1.88. The number of carbonyl (C=O) groups is 2. The number of carbonyl (C=O) groups excluding carboxylic acids is 2. The Morgan fingerprint density at radius 1 is 1.25 bits per heavy atom. The minimum Gasteiger partial charge on any atom is -0.328 e. The number of hydrogen-bond donors (Lipinski definition) is 3. The lowest BCUT2D eigenvalue weighted by Gasteiger charge is -2.13. The fraction of sp³-hybridized carbons (Fsp3) is 0.467. The van der Waals surface area contributed by atoms with Crippen LogP contribution < -0.4 is 16.4 Å². The highest BCUT2D eigenvalue weighted by Crippen LogP contribution is 2.26. The molecule has 0 aromatic heterocycles. The summed E-state index contributed by atoms with van der Waals surface area (Å²) in [6, 6.07) is 5.60. The van der Waals surface area contributed by atoms with Crippen molar-refractivity contribution in [3.8, 4) is 0 Å². The fourth-order valence-electron chi connectivity index (χ4n) is 2.57. The van der Waals surface area contributed by atoms with E-state index < -0.39 is 0 Å². The molecule has 0 bridgehead atoms. The topological polar surface area (TPSA) is 84.2 Å². The van der Waals surface area contributed by atoms with Crippen LogP contribution in [0.15, 0.2) is 18.2 Å². The molecule has 108 valence electrons. The van der Waals surface area contributed by atoms with Gasteiger partial charge in [-0.15, -0.1) is 0 Å². The van der Waals surface area contributed by atoms with E-state index in [0.29, 0.717) is 0 Å². The highest BCUT2D eigenvalue weighted by molar-refractivity contribution is 5.94. The fourth-order valence-corrected chi connectivity index (χ4v) is 2.57. The van der Waals surface area contributed by atoms with Gasteiger partial charge in [-0.05, 0) is 49.9 Å². The molecule has 1 fully saturated rings. The van der Waals surface area contributed by atoms with Crippen molar-refractivity contribution in [2.24, 2.45) is 11.7 Å². The van der Waals surface area contributed by atoms with Gasteiger partial charge in [0.25, 0.3) is 0 Å². The van der Waals surface area contributed by atoms with Crippen LogP contribution in [0.1, 0.15) is 31.7 Å². The average Bonchev–Trinajstić information content (AvgIpc) is 2.79. The number of rotatable bonds is 3. The van der Waals surface area contributed by atoms with E-state index >= 15 is 0 Å². The van der Waals surface area contributed by atoms with Gasteiger partial charge >= 0.3 is 0 Å². The Kier molecular flexibility index (Phi) is 4.39. The van der Waals surface area contributed by atoms with Gasteiger partial charge in [-0.2, -0.15) is 0 Å². The molecule has 1 aliphatic carbocycles. The molecule has 5 heteroatoms. The smallest absolute Gasteiger partial charge is 0.227 e. The van der Waals surface area contributed by atoms with Crippen molar-refractivity contribution in [1.29, 1.82) is 0 Å². The van der Waals surface area contributed by atoms with Gasteiger partial charge in [-0.1, -0.05) is 0 Å². The summed E-state index contributed by atoms with van der Waals surface area (Å²) >= 11 is 0. The predicted molar refractivity (Wildman–Crippen MR) is 79.4 cm³/mol. The number of benzene rings is 1. The van der Waals surface area contributed by atoms with Crippen LogP contribution in [0.4, 0.5) is 11.4 Å². The molecule has 5 nitrogen and oxygen atoms in total. The van der Waals surface area contributed by atoms with Crippen LogP contribution in [0, 0.1) is 12.8 Å². The lowest BCUT2D eigenvalue weighted by molar-refractivity contribution is -0.119. The summed E-state index contributed by atoms with van der Waals surface area (Å²) < 4.78 is 0. The Balaban J connectivity index is 2.01. The van der Waals surface area contributed by atoms with E-state index in [2.05, 4.69) is 10.6 Å². The summed E-state index contributed by atoms with van der Waals surface area (Å²) in [6.45, 7) is 3.37. The number of nitrogens with two attached hydrogens (primary N) is 1. The summed E-state index contributed by atoms with van der Waals surface area (Å²) in [4.78, 5) is 23.1. The normalized spacial score (nSPS) is 21.6. The zero-order chi connectivity index (χ0) is 14.7. The van der Waals surface area contributed by atoms with Gasteiger partial charge in [0.15, 0.2) is 0 Å². The predicted octanol–water partition coefficient (Wildman–Crippen LogP) is 2.02. The maximum Gasteiger partial charge on any atom is 0.227 e. The van der Waals surface area contributed by atoms with Gasteiger partial charge in [0.1, 0.15) is 0 Å². The molecule has 2 atom stereocenters. The van der Waals surface area contributed by atoms with Crippen molar-refractivity contribution in [1.82, 2.24) is 0 Å². The molecule has 0 radical (unpaired) electrons. The molecule has 2 rings (SSSR count). The molecule has 1 aromatic carbocycles. The van der Waals surface area contributed by atoms with Crippen LogP contribution >= 0.6 is 0 Å². The van der Waals surface area contributed by atoms with Crippen molar-refractivity contribution < 1.29 is 9.59 Å². The number of aryl methyl sites for hydroxylation is 1. The molecule has 2 amide bonds. The maximum absolute atomic E-state index is 12.1. The first-order chi connectivity index (χ1) is 9.45. The van der Waals surface area contributed by atoms with E-state index in [-0.39, 0.29) is 23.8 Å². The Bertz CT molecular complexity index is 528. The third-order valence-electron chi connectivity index (χ3n) is 3.65. The zero-order valence-corrected chi connectivity index (χ0v) is 11.9. The standard InChI is InChI=1S/C15H21N3O2/c1-9-7-13(5-6-14(9)17-10(2)19)18-15(20)11-3-4-12(16)8-11/h5-7,11-12H,3-4,8,16H2,1-2H3,(H,17,19)(H,18,20). The number of hydrogen-bond acceptors (Lipinski definition) is 3. The molecule has 0 spiro atoms. The first-order valence-corrected chi connectivity index (χ1v) is 6.90. The minimum absolute atomic E-state index is 0.0142. The lowest BCUT2D eigenvalue weighted by atomic mass is 10.1. The van der Waals surface area contributed by atoms with E-state index in [9.17, 15) is 9.59 Å². The monoisotopic (exact) mass is 275 g/mol. The Morgan fingerprint density at radius 2 is 2.00 bits per heavy atom. The summed E-state index contributed by atoms with van der Waals surface area (Å²) in [7, 11) is 0. The minimum atomic E-state index is -0.107. The summed E-state index contributed by atoms with van der Waals surface area (Å²) in [6.07, 6.45) is 2.53. The molecule has 0 aliphatic heterocycles. The molecule has 1 saturated carbocycles.